The second-order valence-electron chi connectivity index (χ2n) is 3.96. The molecular formula is C14H10O3S. The Labute approximate surface area is 107 Å². The molecule has 0 bridgehead atoms. The second kappa shape index (κ2) is 4.40. The lowest BCUT2D eigenvalue weighted by molar-refractivity contribution is 0.0904. The van der Waals surface area contributed by atoms with Crippen molar-refractivity contribution in [2.75, 3.05) is 6.61 Å². The minimum atomic E-state index is -0.453. The fourth-order valence-corrected chi connectivity index (χ4v) is 2.93. The van der Waals surface area contributed by atoms with E-state index in [0.717, 1.165) is 20.5 Å². The number of furan rings is 1. The Kier molecular flexibility index (Phi) is 2.74. The molecule has 90 valence electrons. The SMILES string of the molecule is O=C(CO)c1ccc2cc(-c3ccoc3)sc2c1. The average molecular weight is 258 g/mol. The van der Waals surface area contributed by atoms with E-state index in [1.165, 1.54) is 0 Å². The Hall–Kier alpha value is -1.91. The molecule has 0 spiro atoms. The van der Waals surface area contributed by atoms with Crippen LogP contribution in [0, 0.1) is 0 Å². The largest absolute Gasteiger partial charge is 0.472 e. The number of aliphatic hydroxyl groups excluding tert-OH is 1. The number of carbonyl (C=O) groups is 1. The molecule has 0 saturated heterocycles. The monoisotopic (exact) mass is 258 g/mol. The number of aliphatic hydroxyl groups is 1. The van der Waals surface area contributed by atoms with Crippen LogP contribution < -0.4 is 0 Å². The first-order valence-corrected chi connectivity index (χ1v) is 6.30. The molecule has 0 saturated carbocycles. The van der Waals surface area contributed by atoms with E-state index in [4.69, 9.17) is 9.52 Å². The molecule has 0 atom stereocenters. The number of ketones is 1. The molecule has 0 aliphatic rings. The van der Waals surface area contributed by atoms with Gasteiger partial charge in [-0.05, 0) is 23.6 Å². The number of hydrogen-bond acceptors (Lipinski definition) is 4. The molecule has 18 heavy (non-hydrogen) atoms. The number of rotatable bonds is 3. The van der Waals surface area contributed by atoms with Gasteiger partial charge in [-0.25, -0.2) is 0 Å². The third-order valence-electron chi connectivity index (χ3n) is 2.79. The van der Waals surface area contributed by atoms with Gasteiger partial charge in [0, 0.05) is 20.7 Å². The van der Waals surface area contributed by atoms with Crippen LogP contribution in [0.5, 0.6) is 0 Å². The van der Waals surface area contributed by atoms with Crippen molar-refractivity contribution in [1.82, 2.24) is 0 Å². The van der Waals surface area contributed by atoms with Crippen LogP contribution in [0.3, 0.4) is 0 Å². The first kappa shape index (κ1) is 11.2. The van der Waals surface area contributed by atoms with Crippen molar-refractivity contribution >= 4 is 27.2 Å². The molecular weight excluding hydrogens is 248 g/mol. The van der Waals surface area contributed by atoms with E-state index in [9.17, 15) is 4.79 Å². The number of carbonyl (C=O) groups excluding carboxylic acids is 1. The second-order valence-corrected chi connectivity index (χ2v) is 5.04. The molecule has 2 heterocycles. The third kappa shape index (κ3) is 1.85. The van der Waals surface area contributed by atoms with E-state index < -0.39 is 6.61 Å². The summed E-state index contributed by atoms with van der Waals surface area (Å²) in [6.07, 6.45) is 3.34. The van der Waals surface area contributed by atoms with Crippen LogP contribution in [0.25, 0.3) is 20.5 Å². The van der Waals surface area contributed by atoms with Crippen molar-refractivity contribution in [2.45, 2.75) is 0 Å². The van der Waals surface area contributed by atoms with Crippen LogP contribution in [0.4, 0.5) is 0 Å². The summed E-state index contributed by atoms with van der Waals surface area (Å²) in [5, 5.41) is 9.95. The zero-order valence-corrected chi connectivity index (χ0v) is 10.2. The topological polar surface area (TPSA) is 50.4 Å². The van der Waals surface area contributed by atoms with Gasteiger partial charge in [0.15, 0.2) is 5.78 Å². The molecule has 0 amide bonds. The zero-order valence-electron chi connectivity index (χ0n) is 9.42. The molecule has 4 heteroatoms. The number of hydrogen-bond donors (Lipinski definition) is 1. The molecule has 1 N–H and O–H groups in total. The maximum atomic E-state index is 11.4. The van der Waals surface area contributed by atoms with Crippen LogP contribution in [-0.2, 0) is 0 Å². The minimum absolute atomic E-state index is 0.254. The lowest BCUT2D eigenvalue weighted by atomic mass is 10.1. The third-order valence-corrected chi connectivity index (χ3v) is 3.94. The summed E-state index contributed by atoms with van der Waals surface area (Å²) in [6.45, 7) is -0.453. The van der Waals surface area contributed by atoms with Crippen molar-refractivity contribution in [1.29, 1.82) is 0 Å². The van der Waals surface area contributed by atoms with Crippen LogP contribution in [0.2, 0.25) is 0 Å². The fourth-order valence-electron chi connectivity index (χ4n) is 1.84. The highest BCUT2D eigenvalue weighted by Gasteiger charge is 2.09. The minimum Gasteiger partial charge on any atom is -0.472 e. The standard InChI is InChI=1S/C14H10O3S/c15-7-12(16)9-1-2-10-6-14(18-13(10)5-9)11-3-4-17-8-11/h1-6,8,15H,7H2. The van der Waals surface area contributed by atoms with Crippen molar-refractivity contribution < 1.29 is 14.3 Å². The van der Waals surface area contributed by atoms with Crippen molar-refractivity contribution in [3.05, 3.63) is 48.4 Å². The van der Waals surface area contributed by atoms with Crippen LogP contribution in [0.15, 0.2) is 47.3 Å². The van der Waals surface area contributed by atoms with Crippen molar-refractivity contribution in [2.24, 2.45) is 0 Å². The van der Waals surface area contributed by atoms with Crippen LogP contribution in [0.1, 0.15) is 10.4 Å². The zero-order chi connectivity index (χ0) is 12.5. The Morgan fingerprint density at radius 2 is 2.17 bits per heavy atom. The van der Waals surface area contributed by atoms with Crippen LogP contribution in [-0.4, -0.2) is 17.5 Å². The summed E-state index contributed by atoms with van der Waals surface area (Å²) in [5.41, 5.74) is 1.58. The van der Waals surface area contributed by atoms with Gasteiger partial charge in [0.2, 0.25) is 0 Å². The van der Waals surface area contributed by atoms with Gasteiger partial charge in [-0.1, -0.05) is 12.1 Å². The highest BCUT2D eigenvalue weighted by atomic mass is 32.1. The van der Waals surface area contributed by atoms with Gasteiger partial charge >= 0.3 is 0 Å². The van der Waals surface area contributed by atoms with Crippen LogP contribution >= 0.6 is 11.3 Å². The number of Topliss-reactive ketones (excluding diaryl/α,β-unsaturated/α-hetero) is 1. The summed E-state index contributed by atoms with van der Waals surface area (Å²) in [7, 11) is 0. The molecule has 0 radical (unpaired) electrons. The first-order valence-electron chi connectivity index (χ1n) is 5.48. The van der Waals surface area contributed by atoms with Gasteiger partial charge in [0.1, 0.15) is 6.61 Å². The van der Waals surface area contributed by atoms with Crippen molar-refractivity contribution in [3.8, 4) is 10.4 Å². The Morgan fingerprint density at radius 1 is 1.28 bits per heavy atom. The summed E-state index contributed by atoms with van der Waals surface area (Å²) in [5.74, 6) is -0.254. The Morgan fingerprint density at radius 3 is 2.89 bits per heavy atom. The summed E-state index contributed by atoms with van der Waals surface area (Å²) in [6, 6.07) is 9.44. The van der Waals surface area contributed by atoms with E-state index >= 15 is 0 Å². The van der Waals surface area contributed by atoms with Gasteiger partial charge in [-0.3, -0.25) is 4.79 Å². The summed E-state index contributed by atoms with van der Waals surface area (Å²) >= 11 is 1.60. The molecule has 0 aliphatic carbocycles. The predicted molar refractivity (Wildman–Crippen MR) is 70.9 cm³/mol. The smallest absolute Gasteiger partial charge is 0.188 e. The Bertz CT molecular complexity index is 695. The van der Waals surface area contributed by atoms with E-state index in [-0.39, 0.29) is 5.78 Å². The highest BCUT2D eigenvalue weighted by Crippen LogP contribution is 2.34. The highest BCUT2D eigenvalue weighted by molar-refractivity contribution is 7.22. The van der Waals surface area contributed by atoms with E-state index in [0.29, 0.717) is 5.56 Å². The summed E-state index contributed by atoms with van der Waals surface area (Å²) < 4.78 is 6.10. The lowest BCUT2D eigenvalue weighted by Gasteiger charge is -1.96. The van der Waals surface area contributed by atoms with E-state index in [2.05, 4.69) is 6.07 Å². The van der Waals surface area contributed by atoms with E-state index in [1.807, 2.05) is 18.2 Å². The Balaban J connectivity index is 2.10. The number of fused-ring (bicyclic) bond motifs is 1. The molecule has 1 aromatic carbocycles. The van der Waals surface area contributed by atoms with E-state index in [1.54, 1.807) is 29.9 Å². The van der Waals surface area contributed by atoms with Gasteiger partial charge in [0.05, 0.1) is 12.5 Å². The summed E-state index contributed by atoms with van der Waals surface area (Å²) in [4.78, 5) is 12.5. The molecule has 0 aliphatic heterocycles. The maximum absolute atomic E-state index is 11.4. The van der Waals surface area contributed by atoms with Gasteiger partial charge < -0.3 is 9.52 Å². The maximum Gasteiger partial charge on any atom is 0.188 e. The molecule has 2 aromatic heterocycles. The normalized spacial score (nSPS) is 10.9. The molecule has 3 rings (SSSR count). The molecule has 0 fully saturated rings. The predicted octanol–water partition coefficient (Wildman–Crippen LogP) is 3.34. The number of thiophene rings is 1. The molecule has 3 nitrogen and oxygen atoms in total. The first-order chi connectivity index (χ1) is 8.78. The quantitative estimate of drug-likeness (QED) is 0.733. The number of benzene rings is 1. The van der Waals surface area contributed by atoms with Crippen molar-refractivity contribution in [3.63, 3.8) is 0 Å². The van der Waals surface area contributed by atoms with Gasteiger partial charge in [-0.2, -0.15) is 0 Å². The molecule has 0 unspecified atom stereocenters. The van der Waals surface area contributed by atoms with Gasteiger partial charge in [-0.15, -0.1) is 11.3 Å². The lowest BCUT2D eigenvalue weighted by Crippen LogP contribution is -2.03. The fraction of sp³-hybridized carbons (Fsp3) is 0.0714. The molecule has 3 aromatic rings. The van der Waals surface area contributed by atoms with Gasteiger partial charge in [0.25, 0.3) is 0 Å². The average Bonchev–Trinajstić information content (AvgIpc) is 3.04.